The Morgan fingerprint density at radius 2 is 0.558 bits per heavy atom. The average molecular weight is 655 g/mol. The number of hydrogen-bond acceptors (Lipinski definition) is 17. The van der Waals surface area contributed by atoms with Crippen molar-refractivity contribution >= 4 is 29.8 Å². The van der Waals surface area contributed by atoms with Gasteiger partial charge in [0.2, 0.25) is 0 Å². The Morgan fingerprint density at radius 1 is 0.419 bits per heavy atom. The first-order valence-electron chi connectivity index (χ1n) is 14.0. The van der Waals surface area contributed by atoms with E-state index in [1.165, 1.54) is 0 Å². The van der Waals surface area contributed by atoms with Gasteiger partial charge in [0.15, 0.2) is 0 Å². The van der Waals surface area contributed by atoms with Crippen LogP contribution in [-0.4, -0.2) is 98.0 Å². The Bertz CT molecular complexity index is 646. The second-order valence-corrected chi connectivity index (χ2v) is 9.84. The molecule has 0 amide bonds. The summed E-state index contributed by atoms with van der Waals surface area (Å²) in [6.45, 7) is 4.09. The van der Waals surface area contributed by atoms with Crippen LogP contribution in [0.4, 0.5) is 0 Å². The fraction of sp³-hybridized carbons (Fsp3) is 0.800. The number of carbonyl (C=O) groups excluding carboxylic acids is 5. The quantitative estimate of drug-likeness (QED) is 0.135. The summed E-state index contributed by atoms with van der Waals surface area (Å²) in [7, 11) is 0. The summed E-state index contributed by atoms with van der Waals surface area (Å²) in [6.07, 6.45) is 8.41. The molecule has 8 N–H and O–H groups in total. The van der Waals surface area contributed by atoms with Crippen LogP contribution in [0.25, 0.3) is 0 Å². The number of carboxylic acid groups (broad SMARTS) is 5. The SMILES string of the molecule is NO.O=C([O-])[C@@H]1CCCN1.O=C([O-])[C@@H]1CCCN1.O=C([O-])[C@@H]1CCCN1.O=C([O-])[C@@H]1CCCN1.O=C([O-])[C@@H]1CCCN1.[V]. The number of nitrogens with two attached hydrogens (primary N) is 1. The van der Waals surface area contributed by atoms with E-state index in [0.717, 1.165) is 96.9 Å². The van der Waals surface area contributed by atoms with Gasteiger partial charge in [-0.15, -0.1) is 0 Å². The third kappa shape index (κ3) is 20.3. The number of rotatable bonds is 5. The maximum Gasteiger partial charge on any atom is 0.0584 e. The Hall–Kier alpha value is -2.35. The van der Waals surface area contributed by atoms with Crippen LogP contribution >= 0.6 is 0 Å². The molecule has 5 aliphatic rings. The van der Waals surface area contributed by atoms with Crippen LogP contribution in [0.1, 0.15) is 64.2 Å². The summed E-state index contributed by atoms with van der Waals surface area (Å²) in [5.74, 6) is -1.35. The van der Waals surface area contributed by atoms with Gasteiger partial charge in [-0.25, -0.2) is 5.90 Å². The largest absolute Gasteiger partial charge is 0.548 e. The van der Waals surface area contributed by atoms with Gasteiger partial charge in [-0.2, -0.15) is 0 Å². The third-order valence-corrected chi connectivity index (χ3v) is 6.72. The van der Waals surface area contributed by atoms with E-state index in [4.69, 9.17) is 5.21 Å². The van der Waals surface area contributed by atoms with Crippen LogP contribution in [0, 0.1) is 0 Å². The van der Waals surface area contributed by atoms with E-state index in [-0.39, 0.29) is 48.8 Å². The molecule has 5 heterocycles. The summed E-state index contributed by atoms with van der Waals surface area (Å²) in [6, 6.07) is -1.90. The molecule has 0 aromatic carbocycles. The molecule has 0 spiro atoms. The third-order valence-electron chi connectivity index (χ3n) is 6.72. The molecule has 5 fully saturated rings. The summed E-state index contributed by atoms with van der Waals surface area (Å²) in [5.41, 5.74) is 0. The average Bonchev–Trinajstić information content (AvgIpc) is 3.83. The molecule has 5 aliphatic heterocycles. The van der Waals surface area contributed by atoms with Crippen LogP contribution in [0.2, 0.25) is 0 Å². The summed E-state index contributed by atoms with van der Waals surface area (Å²) in [4.78, 5) is 50.1. The van der Waals surface area contributed by atoms with Crippen LogP contribution in [-0.2, 0) is 42.5 Å². The van der Waals surface area contributed by atoms with Crippen LogP contribution in [0.3, 0.4) is 0 Å². The van der Waals surface area contributed by atoms with Crippen LogP contribution in [0.5, 0.6) is 0 Å². The van der Waals surface area contributed by atoms with Gasteiger partial charge in [-0.1, -0.05) is 0 Å². The smallest absolute Gasteiger partial charge is 0.0584 e. The maximum absolute atomic E-state index is 10.0. The summed E-state index contributed by atoms with van der Waals surface area (Å²) >= 11 is 0. The summed E-state index contributed by atoms with van der Waals surface area (Å²) in [5, 5.41) is 70.6. The molecule has 18 heteroatoms. The molecule has 0 aliphatic carbocycles. The van der Waals surface area contributed by atoms with E-state index in [1.807, 2.05) is 0 Å². The topological polar surface area (TPSA) is 307 Å². The number of hydrogen-bond donors (Lipinski definition) is 7. The van der Waals surface area contributed by atoms with E-state index in [2.05, 4.69) is 32.5 Å². The predicted molar refractivity (Wildman–Crippen MR) is 136 cm³/mol. The molecule has 5 atom stereocenters. The van der Waals surface area contributed by atoms with Crippen molar-refractivity contribution in [3.05, 3.63) is 0 Å². The Balaban J connectivity index is 0. The van der Waals surface area contributed by atoms with Crippen molar-refractivity contribution < 1.29 is 73.3 Å². The van der Waals surface area contributed by atoms with Crippen molar-refractivity contribution in [2.45, 2.75) is 94.4 Å². The molecule has 5 rings (SSSR count). The monoisotopic (exact) mass is 654 g/mol. The zero-order valence-electron chi connectivity index (χ0n) is 24.0. The number of nitrogens with one attached hydrogen (secondary N) is 5. The van der Waals surface area contributed by atoms with Gasteiger partial charge in [0, 0.05) is 48.8 Å². The molecule has 0 unspecified atom stereocenters. The molecule has 17 nitrogen and oxygen atoms in total. The van der Waals surface area contributed by atoms with Crippen molar-refractivity contribution in [3.8, 4) is 0 Å². The minimum atomic E-state index is -0.970. The molecule has 1 radical (unpaired) electrons. The summed E-state index contributed by atoms with van der Waals surface area (Å²) < 4.78 is 0. The molecule has 0 bridgehead atoms. The molecule has 0 saturated carbocycles. The first-order chi connectivity index (χ1) is 20.0. The Labute approximate surface area is 262 Å². The van der Waals surface area contributed by atoms with Crippen molar-refractivity contribution in [1.29, 1.82) is 0 Å². The van der Waals surface area contributed by atoms with Crippen molar-refractivity contribution in [1.82, 2.24) is 26.6 Å². The number of aliphatic carboxylic acids is 5. The van der Waals surface area contributed by atoms with Crippen LogP contribution < -0.4 is 58.0 Å². The van der Waals surface area contributed by atoms with E-state index in [0.29, 0.717) is 0 Å². The van der Waals surface area contributed by atoms with Crippen LogP contribution in [0.15, 0.2) is 0 Å². The van der Waals surface area contributed by atoms with Gasteiger partial charge < -0.3 is 81.3 Å². The zero-order valence-corrected chi connectivity index (χ0v) is 25.4. The predicted octanol–water partition coefficient (Wildman–Crippen LogP) is -8.23. The molecule has 0 aromatic heterocycles. The second kappa shape index (κ2) is 26.1. The normalized spacial score (nSPS) is 26.4. The van der Waals surface area contributed by atoms with Gasteiger partial charge in [0.1, 0.15) is 0 Å². The second-order valence-electron chi connectivity index (χ2n) is 9.84. The van der Waals surface area contributed by atoms with Gasteiger partial charge in [-0.3, -0.25) is 0 Å². The molecule has 249 valence electrons. The van der Waals surface area contributed by atoms with Gasteiger partial charge >= 0.3 is 0 Å². The molecule has 43 heavy (non-hydrogen) atoms. The molecular weight excluding hydrogens is 611 g/mol. The van der Waals surface area contributed by atoms with E-state index >= 15 is 0 Å². The number of carboxylic acids is 5. The number of carbonyl (C=O) groups is 5. The van der Waals surface area contributed by atoms with E-state index in [9.17, 15) is 49.5 Å². The minimum Gasteiger partial charge on any atom is -0.548 e. The van der Waals surface area contributed by atoms with Crippen molar-refractivity contribution in [2.24, 2.45) is 5.90 Å². The van der Waals surface area contributed by atoms with Gasteiger partial charge in [-0.05, 0) is 96.9 Å². The van der Waals surface area contributed by atoms with Gasteiger partial charge in [0.25, 0.3) is 0 Å². The van der Waals surface area contributed by atoms with E-state index < -0.39 is 29.8 Å². The fourth-order valence-electron chi connectivity index (χ4n) is 4.43. The zero-order chi connectivity index (χ0) is 31.9. The van der Waals surface area contributed by atoms with Crippen molar-refractivity contribution in [3.63, 3.8) is 0 Å². The van der Waals surface area contributed by atoms with E-state index in [1.54, 1.807) is 0 Å². The molecular formula is C25H43N6O11V-5. The first-order valence-corrected chi connectivity index (χ1v) is 14.0. The Kier molecular flexibility index (Phi) is 26.0. The van der Waals surface area contributed by atoms with Crippen molar-refractivity contribution in [2.75, 3.05) is 32.7 Å². The minimum absolute atomic E-state index is 0. The first kappa shape index (κ1) is 42.8. The molecule has 5 saturated heterocycles. The Morgan fingerprint density at radius 3 is 0.605 bits per heavy atom. The van der Waals surface area contributed by atoms with Gasteiger partial charge in [0.05, 0.1) is 29.8 Å². The molecule has 0 aromatic rings. The maximum atomic E-state index is 10.0. The standard InChI is InChI=1S/5C5H9NO2.H3NO.V/c5*7-5(8)4-2-1-3-6-4;1-2;/h5*4,6H,1-3H2,(H,7,8);2H,1H2;/p-5/t5*4-;;/m00000../s1. The fourth-order valence-corrected chi connectivity index (χ4v) is 4.43.